The van der Waals surface area contributed by atoms with E-state index in [1.54, 1.807) is 0 Å². The minimum atomic E-state index is -3.75. The minimum absolute atomic E-state index is 0.0457. The van der Waals surface area contributed by atoms with Crippen molar-refractivity contribution in [1.82, 2.24) is 9.62 Å². The number of amides is 1. The number of nitrogens with one attached hydrogen (secondary N) is 1. The first-order valence-corrected chi connectivity index (χ1v) is 11.2. The molecule has 2 aromatic rings. The lowest BCUT2D eigenvalue weighted by Crippen LogP contribution is -2.51. The fourth-order valence-corrected chi connectivity index (χ4v) is 5.24. The van der Waals surface area contributed by atoms with Gasteiger partial charge in [0.2, 0.25) is 15.9 Å². The largest absolute Gasteiger partial charge is 0.351 e. The minimum Gasteiger partial charge on any atom is -0.351 e. The molecule has 2 aromatic carbocycles. The fourth-order valence-electron chi connectivity index (χ4n) is 3.72. The third-order valence-corrected chi connectivity index (χ3v) is 7.04. The van der Waals surface area contributed by atoms with E-state index >= 15 is 0 Å². The molecule has 0 spiro atoms. The maximum atomic E-state index is 13.1. The molecule has 5 nitrogen and oxygen atoms in total. The summed E-state index contributed by atoms with van der Waals surface area (Å²) in [6.45, 7) is 4.42. The lowest BCUT2D eigenvalue weighted by Gasteiger charge is -2.34. The molecule has 0 aromatic heterocycles. The number of sulfonamides is 1. The maximum Gasteiger partial charge on any atom is 0.243 e. The highest BCUT2D eigenvalue weighted by Crippen LogP contribution is 2.25. The summed E-state index contributed by atoms with van der Waals surface area (Å²) in [6, 6.07) is 14.7. The van der Waals surface area contributed by atoms with Crippen molar-refractivity contribution < 1.29 is 17.6 Å². The summed E-state index contributed by atoms with van der Waals surface area (Å²) in [5.41, 5.74) is 0.679. The number of carbonyl (C=O) groups excluding carboxylic acids is 1. The van der Waals surface area contributed by atoms with Gasteiger partial charge in [0.25, 0.3) is 0 Å². The summed E-state index contributed by atoms with van der Waals surface area (Å²) in [4.78, 5) is 12.9. The van der Waals surface area contributed by atoms with Gasteiger partial charge in [0.15, 0.2) is 0 Å². The molecule has 1 aliphatic heterocycles. The van der Waals surface area contributed by atoms with Gasteiger partial charge in [-0.15, -0.1) is 0 Å². The Morgan fingerprint density at radius 1 is 1.14 bits per heavy atom. The predicted molar refractivity (Wildman–Crippen MR) is 110 cm³/mol. The summed E-state index contributed by atoms with van der Waals surface area (Å²) >= 11 is 0. The van der Waals surface area contributed by atoms with Gasteiger partial charge in [-0.25, -0.2) is 12.8 Å². The molecule has 1 unspecified atom stereocenters. The lowest BCUT2D eigenvalue weighted by molar-refractivity contribution is -0.127. The second-order valence-corrected chi connectivity index (χ2v) is 10.1. The average molecular weight is 419 g/mol. The summed E-state index contributed by atoms with van der Waals surface area (Å²) in [7, 11) is -3.75. The Labute approximate surface area is 172 Å². The molecule has 1 atom stereocenters. The first-order chi connectivity index (χ1) is 13.7. The van der Waals surface area contributed by atoms with Crippen molar-refractivity contribution >= 4 is 15.9 Å². The van der Waals surface area contributed by atoms with E-state index in [9.17, 15) is 17.6 Å². The van der Waals surface area contributed by atoms with Gasteiger partial charge in [-0.2, -0.15) is 4.31 Å². The Hall–Kier alpha value is -2.25. The van der Waals surface area contributed by atoms with Crippen LogP contribution in [-0.4, -0.2) is 37.3 Å². The first-order valence-electron chi connectivity index (χ1n) is 9.79. The molecule has 1 saturated heterocycles. The molecular weight excluding hydrogens is 391 g/mol. The lowest BCUT2D eigenvalue weighted by atomic mass is 9.92. The zero-order valence-corrected chi connectivity index (χ0v) is 17.6. The van der Waals surface area contributed by atoms with Crippen molar-refractivity contribution in [2.24, 2.45) is 5.92 Å². The van der Waals surface area contributed by atoms with Crippen LogP contribution < -0.4 is 5.32 Å². The predicted octanol–water partition coefficient (Wildman–Crippen LogP) is 3.36. The van der Waals surface area contributed by atoms with Crippen LogP contribution in [0.3, 0.4) is 0 Å². The Bertz CT molecular complexity index is 944. The molecule has 1 N–H and O–H groups in total. The van der Waals surface area contributed by atoms with Gasteiger partial charge in [-0.1, -0.05) is 30.3 Å². The van der Waals surface area contributed by atoms with Crippen LogP contribution in [0.15, 0.2) is 59.5 Å². The van der Waals surface area contributed by atoms with E-state index in [1.165, 1.54) is 16.4 Å². The van der Waals surface area contributed by atoms with Crippen LogP contribution in [0.4, 0.5) is 4.39 Å². The Morgan fingerprint density at radius 3 is 2.45 bits per heavy atom. The molecule has 3 rings (SSSR count). The molecule has 0 bridgehead atoms. The van der Waals surface area contributed by atoms with Gasteiger partial charge in [0.05, 0.1) is 10.8 Å². The van der Waals surface area contributed by atoms with E-state index in [0.717, 1.165) is 17.7 Å². The van der Waals surface area contributed by atoms with Gasteiger partial charge in [-0.05, 0) is 62.9 Å². The number of rotatable bonds is 6. The number of nitrogens with zero attached hydrogens (tertiary/aromatic N) is 1. The number of halogens is 1. The normalized spacial score (nSPS) is 18.4. The van der Waals surface area contributed by atoms with Crippen molar-refractivity contribution in [3.05, 3.63) is 66.0 Å². The van der Waals surface area contributed by atoms with E-state index in [0.29, 0.717) is 25.8 Å². The van der Waals surface area contributed by atoms with Crippen molar-refractivity contribution in [3.8, 4) is 0 Å². The number of carbonyl (C=O) groups is 1. The van der Waals surface area contributed by atoms with E-state index in [1.807, 2.05) is 44.2 Å². The molecule has 7 heteroatoms. The number of benzene rings is 2. The Morgan fingerprint density at radius 2 is 1.79 bits per heavy atom. The van der Waals surface area contributed by atoms with Gasteiger partial charge >= 0.3 is 0 Å². The molecule has 1 amide bonds. The quantitative estimate of drug-likeness (QED) is 0.782. The van der Waals surface area contributed by atoms with Crippen LogP contribution in [0, 0.1) is 11.7 Å². The van der Waals surface area contributed by atoms with Crippen LogP contribution >= 0.6 is 0 Å². The molecule has 156 valence electrons. The molecule has 0 saturated carbocycles. The topological polar surface area (TPSA) is 66.5 Å². The zero-order chi connectivity index (χ0) is 21.1. The Kier molecular flexibility index (Phi) is 6.39. The van der Waals surface area contributed by atoms with Gasteiger partial charge in [-0.3, -0.25) is 4.79 Å². The maximum absolute atomic E-state index is 13.1. The summed E-state index contributed by atoms with van der Waals surface area (Å²) in [5.74, 6) is -1.03. The van der Waals surface area contributed by atoms with E-state index in [2.05, 4.69) is 5.32 Å². The second kappa shape index (κ2) is 8.63. The average Bonchev–Trinajstić information content (AvgIpc) is 2.68. The smallest absolute Gasteiger partial charge is 0.243 e. The molecule has 0 aliphatic carbocycles. The number of hydrogen-bond donors (Lipinski definition) is 1. The van der Waals surface area contributed by atoms with Crippen molar-refractivity contribution in [2.75, 3.05) is 13.1 Å². The van der Waals surface area contributed by atoms with Crippen LogP contribution in [0.5, 0.6) is 0 Å². The summed E-state index contributed by atoms with van der Waals surface area (Å²) in [6.07, 6.45) is 1.93. The van der Waals surface area contributed by atoms with Crippen LogP contribution in [0.25, 0.3) is 0 Å². The molecule has 29 heavy (non-hydrogen) atoms. The van der Waals surface area contributed by atoms with Crippen molar-refractivity contribution in [1.29, 1.82) is 0 Å². The number of hydrogen-bond acceptors (Lipinski definition) is 3. The van der Waals surface area contributed by atoms with Gasteiger partial charge in [0, 0.05) is 18.6 Å². The van der Waals surface area contributed by atoms with Crippen LogP contribution in [0.2, 0.25) is 0 Å². The summed E-state index contributed by atoms with van der Waals surface area (Å²) in [5, 5.41) is 3.08. The first kappa shape index (κ1) is 21.5. The molecule has 1 aliphatic rings. The third kappa shape index (κ3) is 5.42. The summed E-state index contributed by atoms with van der Waals surface area (Å²) < 4.78 is 40.2. The monoisotopic (exact) mass is 418 g/mol. The Balaban J connectivity index is 1.66. The zero-order valence-electron chi connectivity index (χ0n) is 16.8. The van der Waals surface area contributed by atoms with Crippen LogP contribution in [-0.2, 0) is 21.2 Å². The van der Waals surface area contributed by atoms with E-state index in [-0.39, 0.29) is 17.3 Å². The van der Waals surface area contributed by atoms with Gasteiger partial charge in [0.1, 0.15) is 5.82 Å². The van der Waals surface area contributed by atoms with E-state index < -0.39 is 27.3 Å². The SMILES string of the molecule is CC(C)(Cc1ccccc1)NC(=O)C1CCCN(S(=O)(=O)c2ccc(F)cc2)C1. The second-order valence-electron chi connectivity index (χ2n) is 8.19. The van der Waals surface area contributed by atoms with Crippen molar-refractivity contribution in [2.45, 2.75) is 43.5 Å². The highest BCUT2D eigenvalue weighted by molar-refractivity contribution is 7.89. The highest BCUT2D eigenvalue weighted by Gasteiger charge is 2.35. The molecule has 0 radical (unpaired) electrons. The van der Waals surface area contributed by atoms with E-state index in [4.69, 9.17) is 0 Å². The fraction of sp³-hybridized carbons (Fsp3) is 0.409. The molecule has 1 heterocycles. The standard InChI is InChI=1S/C22H27FN2O3S/c1-22(2,15-17-7-4-3-5-8-17)24-21(26)18-9-6-14-25(16-18)29(27,28)20-12-10-19(23)11-13-20/h3-5,7-8,10-13,18H,6,9,14-16H2,1-2H3,(H,24,26). The van der Waals surface area contributed by atoms with Gasteiger partial charge < -0.3 is 5.32 Å². The molecular formula is C22H27FN2O3S. The highest BCUT2D eigenvalue weighted by atomic mass is 32.2. The van der Waals surface area contributed by atoms with Crippen LogP contribution in [0.1, 0.15) is 32.3 Å². The third-order valence-electron chi connectivity index (χ3n) is 5.16. The van der Waals surface area contributed by atoms with Crippen molar-refractivity contribution in [3.63, 3.8) is 0 Å². The molecule has 1 fully saturated rings. The number of piperidine rings is 1.